The topological polar surface area (TPSA) is 35.6 Å². The minimum Gasteiger partial charge on any atom is -0.325 e. The number of rotatable bonds is 6. The first-order valence-corrected chi connectivity index (χ1v) is 7.90. The van der Waals surface area contributed by atoms with Crippen LogP contribution >= 0.6 is 0 Å². The summed E-state index contributed by atoms with van der Waals surface area (Å²) in [6.45, 7) is 7.61. The van der Waals surface area contributed by atoms with Crippen molar-refractivity contribution in [1.82, 2.24) is 15.1 Å². The Hall–Kier alpha value is -0.610. The first-order valence-electron chi connectivity index (χ1n) is 7.90. The van der Waals surface area contributed by atoms with Crippen molar-refractivity contribution in [3.63, 3.8) is 0 Å². The van der Waals surface area contributed by atoms with E-state index in [2.05, 4.69) is 36.0 Å². The molecule has 0 aliphatic carbocycles. The quantitative estimate of drug-likeness (QED) is 0.795. The molecule has 4 nitrogen and oxygen atoms in total. The van der Waals surface area contributed by atoms with Crippen LogP contribution in [0, 0.1) is 5.92 Å². The van der Waals surface area contributed by atoms with E-state index < -0.39 is 0 Å². The normalized spacial score (nSPS) is 32.5. The number of carbonyl (C=O) groups excluding carboxylic acids is 1. The molecule has 0 aromatic heterocycles. The summed E-state index contributed by atoms with van der Waals surface area (Å²) in [6, 6.07) is 0.0701. The fourth-order valence-corrected chi connectivity index (χ4v) is 3.43. The van der Waals surface area contributed by atoms with Crippen molar-refractivity contribution in [2.24, 2.45) is 5.92 Å². The zero-order chi connectivity index (χ0) is 13.8. The molecule has 0 spiro atoms. The Kier molecular flexibility index (Phi) is 5.22. The maximum Gasteiger partial charge on any atom is 0.241 e. The van der Waals surface area contributed by atoms with Gasteiger partial charge in [-0.25, -0.2) is 0 Å². The maximum absolute atomic E-state index is 12.5. The van der Waals surface area contributed by atoms with E-state index in [9.17, 15) is 4.79 Å². The van der Waals surface area contributed by atoms with Gasteiger partial charge in [-0.1, -0.05) is 26.7 Å². The van der Waals surface area contributed by atoms with Gasteiger partial charge in [0.1, 0.15) is 0 Å². The van der Waals surface area contributed by atoms with E-state index in [0.29, 0.717) is 11.8 Å². The Morgan fingerprint density at radius 1 is 1.26 bits per heavy atom. The summed E-state index contributed by atoms with van der Waals surface area (Å²) in [4.78, 5) is 17.0. The van der Waals surface area contributed by atoms with Crippen molar-refractivity contribution in [3.05, 3.63) is 0 Å². The van der Waals surface area contributed by atoms with Crippen LogP contribution in [-0.2, 0) is 4.79 Å². The molecule has 0 aromatic carbocycles. The van der Waals surface area contributed by atoms with Crippen LogP contribution in [0.15, 0.2) is 0 Å². The van der Waals surface area contributed by atoms with Crippen LogP contribution in [0.1, 0.15) is 46.0 Å². The van der Waals surface area contributed by atoms with E-state index in [1.165, 1.54) is 13.0 Å². The molecule has 0 saturated carbocycles. The van der Waals surface area contributed by atoms with Gasteiger partial charge in [0, 0.05) is 13.1 Å². The lowest BCUT2D eigenvalue weighted by Gasteiger charge is -2.26. The smallest absolute Gasteiger partial charge is 0.241 e. The van der Waals surface area contributed by atoms with Crippen LogP contribution in [0.4, 0.5) is 0 Å². The zero-order valence-electron chi connectivity index (χ0n) is 12.7. The molecule has 2 aliphatic heterocycles. The standard InChI is InChI=1S/C15H29N3O/c1-4-6-13-15(19)18(14(16-13)7-5-2)11-12-8-9-17(3)10-12/h12-14,16H,4-11H2,1-3H3. The Labute approximate surface area is 117 Å². The van der Waals surface area contributed by atoms with Crippen molar-refractivity contribution in [2.75, 3.05) is 26.7 Å². The molecule has 1 amide bonds. The van der Waals surface area contributed by atoms with Gasteiger partial charge in [0.05, 0.1) is 12.2 Å². The van der Waals surface area contributed by atoms with Gasteiger partial charge in [-0.3, -0.25) is 10.1 Å². The lowest BCUT2D eigenvalue weighted by atomic mass is 10.1. The molecule has 0 radical (unpaired) electrons. The molecule has 0 bridgehead atoms. The fraction of sp³-hybridized carbons (Fsp3) is 0.933. The molecule has 3 unspecified atom stereocenters. The highest BCUT2D eigenvalue weighted by Crippen LogP contribution is 2.23. The second-order valence-corrected chi connectivity index (χ2v) is 6.22. The molecule has 1 N–H and O–H groups in total. The molecule has 110 valence electrons. The highest BCUT2D eigenvalue weighted by atomic mass is 16.2. The Morgan fingerprint density at radius 3 is 2.58 bits per heavy atom. The highest BCUT2D eigenvalue weighted by molar-refractivity contribution is 5.84. The highest BCUT2D eigenvalue weighted by Gasteiger charge is 2.39. The van der Waals surface area contributed by atoms with Gasteiger partial charge in [-0.2, -0.15) is 0 Å². The molecule has 2 heterocycles. The average molecular weight is 267 g/mol. The van der Waals surface area contributed by atoms with E-state index >= 15 is 0 Å². The SMILES string of the molecule is CCCC1NC(CCC)N(CC2CCN(C)C2)C1=O. The van der Waals surface area contributed by atoms with Crippen molar-refractivity contribution < 1.29 is 4.79 Å². The van der Waals surface area contributed by atoms with Gasteiger partial charge < -0.3 is 9.80 Å². The monoisotopic (exact) mass is 267 g/mol. The summed E-state index contributed by atoms with van der Waals surface area (Å²) in [6.07, 6.45) is 5.76. The second kappa shape index (κ2) is 6.71. The maximum atomic E-state index is 12.5. The van der Waals surface area contributed by atoms with E-state index in [1.807, 2.05) is 0 Å². The van der Waals surface area contributed by atoms with Crippen LogP contribution in [0.5, 0.6) is 0 Å². The number of hydrogen-bond donors (Lipinski definition) is 1. The van der Waals surface area contributed by atoms with Crippen LogP contribution in [-0.4, -0.2) is 54.6 Å². The van der Waals surface area contributed by atoms with E-state index in [-0.39, 0.29) is 12.2 Å². The zero-order valence-corrected chi connectivity index (χ0v) is 12.7. The summed E-state index contributed by atoms with van der Waals surface area (Å²) in [5.41, 5.74) is 0. The Morgan fingerprint density at radius 2 is 2.00 bits per heavy atom. The molecule has 2 rings (SSSR count). The molecule has 2 saturated heterocycles. The summed E-state index contributed by atoms with van der Waals surface area (Å²) in [5.74, 6) is 1.00. The van der Waals surface area contributed by atoms with Gasteiger partial charge in [0.25, 0.3) is 0 Å². The minimum absolute atomic E-state index is 0.0701. The number of nitrogens with one attached hydrogen (secondary N) is 1. The number of nitrogens with zero attached hydrogens (tertiary/aromatic N) is 2. The van der Waals surface area contributed by atoms with Crippen LogP contribution in [0.3, 0.4) is 0 Å². The molecule has 0 aromatic rings. The average Bonchev–Trinajstić information content (AvgIpc) is 2.90. The third-order valence-electron chi connectivity index (χ3n) is 4.43. The number of amides is 1. The van der Waals surface area contributed by atoms with Crippen LogP contribution in [0.2, 0.25) is 0 Å². The van der Waals surface area contributed by atoms with E-state index in [1.54, 1.807) is 0 Å². The molecule has 19 heavy (non-hydrogen) atoms. The van der Waals surface area contributed by atoms with Gasteiger partial charge in [0.15, 0.2) is 0 Å². The summed E-state index contributed by atoms with van der Waals surface area (Å²) in [5, 5.41) is 3.54. The number of likely N-dealkylation sites (tertiary alicyclic amines) is 1. The summed E-state index contributed by atoms with van der Waals surface area (Å²) >= 11 is 0. The van der Waals surface area contributed by atoms with Crippen molar-refractivity contribution in [3.8, 4) is 0 Å². The number of hydrogen-bond acceptors (Lipinski definition) is 3. The van der Waals surface area contributed by atoms with E-state index in [4.69, 9.17) is 0 Å². The third kappa shape index (κ3) is 3.48. The van der Waals surface area contributed by atoms with Crippen LogP contribution in [0.25, 0.3) is 0 Å². The second-order valence-electron chi connectivity index (χ2n) is 6.22. The van der Waals surface area contributed by atoms with Crippen molar-refractivity contribution in [1.29, 1.82) is 0 Å². The molecule has 2 aliphatic rings. The predicted octanol–water partition coefficient (Wildman–Crippen LogP) is 1.66. The lowest BCUT2D eigenvalue weighted by molar-refractivity contribution is -0.130. The van der Waals surface area contributed by atoms with Gasteiger partial charge >= 0.3 is 0 Å². The predicted molar refractivity (Wildman–Crippen MR) is 77.8 cm³/mol. The molecule has 2 fully saturated rings. The molecule has 4 heteroatoms. The number of carbonyl (C=O) groups is 1. The minimum atomic E-state index is 0.0701. The summed E-state index contributed by atoms with van der Waals surface area (Å²) in [7, 11) is 2.17. The Balaban J connectivity index is 1.96. The third-order valence-corrected chi connectivity index (χ3v) is 4.43. The first-order chi connectivity index (χ1) is 9.15. The molecular formula is C15H29N3O. The fourth-order valence-electron chi connectivity index (χ4n) is 3.43. The molecule has 3 atom stereocenters. The molecular weight excluding hydrogens is 238 g/mol. The largest absolute Gasteiger partial charge is 0.325 e. The lowest BCUT2D eigenvalue weighted by Crippen LogP contribution is -2.40. The summed E-state index contributed by atoms with van der Waals surface area (Å²) < 4.78 is 0. The van der Waals surface area contributed by atoms with Crippen LogP contribution < -0.4 is 5.32 Å². The van der Waals surface area contributed by atoms with E-state index in [0.717, 1.165) is 38.8 Å². The van der Waals surface area contributed by atoms with Gasteiger partial charge in [0.2, 0.25) is 5.91 Å². The Bertz CT molecular complexity index is 308. The van der Waals surface area contributed by atoms with Crippen molar-refractivity contribution >= 4 is 5.91 Å². The van der Waals surface area contributed by atoms with Gasteiger partial charge in [-0.15, -0.1) is 0 Å². The van der Waals surface area contributed by atoms with Gasteiger partial charge in [-0.05, 0) is 38.8 Å². The first kappa shape index (κ1) is 14.8. The van der Waals surface area contributed by atoms with Crippen molar-refractivity contribution in [2.45, 2.75) is 58.2 Å².